The first kappa shape index (κ1) is 11.9. The summed E-state index contributed by atoms with van der Waals surface area (Å²) in [7, 11) is 0. The molecule has 3 N–H and O–H groups in total. The Labute approximate surface area is 109 Å². The summed E-state index contributed by atoms with van der Waals surface area (Å²) in [6.07, 6.45) is 1.75. The van der Waals surface area contributed by atoms with Gasteiger partial charge in [-0.3, -0.25) is 0 Å². The zero-order chi connectivity index (χ0) is 12.4. The number of nitrogens with one attached hydrogen (secondary N) is 1. The molecule has 2 aromatic rings. The van der Waals surface area contributed by atoms with Crippen LogP contribution in [0.2, 0.25) is 0 Å². The highest BCUT2D eigenvalue weighted by molar-refractivity contribution is 9.10. The van der Waals surface area contributed by atoms with Gasteiger partial charge in [-0.2, -0.15) is 0 Å². The molecule has 2 rings (SSSR count). The van der Waals surface area contributed by atoms with Crippen LogP contribution in [-0.4, -0.2) is 4.98 Å². The van der Waals surface area contributed by atoms with Crippen LogP contribution < -0.4 is 11.1 Å². The van der Waals surface area contributed by atoms with Crippen molar-refractivity contribution in [3.63, 3.8) is 0 Å². The van der Waals surface area contributed by atoms with Crippen molar-refractivity contribution in [3.05, 3.63) is 46.1 Å². The molecule has 3 nitrogen and oxygen atoms in total. The monoisotopic (exact) mass is 291 g/mol. The van der Waals surface area contributed by atoms with Gasteiger partial charge in [0.05, 0.1) is 11.4 Å². The van der Waals surface area contributed by atoms with Crippen molar-refractivity contribution in [3.8, 4) is 0 Å². The average Bonchev–Trinajstić information content (AvgIpc) is 2.30. The molecule has 0 aliphatic rings. The third-order valence-electron chi connectivity index (χ3n) is 2.58. The second-order valence-electron chi connectivity index (χ2n) is 4.00. The van der Waals surface area contributed by atoms with Gasteiger partial charge in [-0.25, -0.2) is 4.98 Å². The molecule has 0 amide bonds. The molecule has 0 aliphatic heterocycles. The number of halogens is 1. The van der Waals surface area contributed by atoms with Crippen molar-refractivity contribution in [2.75, 3.05) is 11.1 Å². The van der Waals surface area contributed by atoms with E-state index in [1.165, 1.54) is 5.56 Å². The average molecular weight is 292 g/mol. The van der Waals surface area contributed by atoms with Crippen LogP contribution in [0.15, 0.2) is 34.9 Å². The highest BCUT2D eigenvalue weighted by Crippen LogP contribution is 2.29. The van der Waals surface area contributed by atoms with Gasteiger partial charge in [0.25, 0.3) is 0 Å². The molecule has 88 valence electrons. The Kier molecular flexibility index (Phi) is 3.33. The zero-order valence-electron chi connectivity index (χ0n) is 9.79. The molecular weight excluding hydrogens is 278 g/mol. The minimum atomic E-state index is 0.681. The van der Waals surface area contributed by atoms with Gasteiger partial charge in [-0.05, 0) is 59.1 Å². The zero-order valence-corrected chi connectivity index (χ0v) is 11.4. The predicted molar refractivity (Wildman–Crippen MR) is 75.5 cm³/mol. The number of aryl methyl sites for hydroxylation is 2. The van der Waals surface area contributed by atoms with Crippen LogP contribution in [0, 0.1) is 13.8 Å². The first-order chi connectivity index (χ1) is 8.08. The molecule has 0 saturated carbocycles. The van der Waals surface area contributed by atoms with Crippen LogP contribution in [0.3, 0.4) is 0 Å². The van der Waals surface area contributed by atoms with Gasteiger partial charge in [0.1, 0.15) is 0 Å². The number of aromatic nitrogens is 1. The number of pyridine rings is 1. The second kappa shape index (κ2) is 4.75. The molecule has 0 fully saturated rings. The Morgan fingerprint density at radius 3 is 2.76 bits per heavy atom. The van der Waals surface area contributed by atoms with E-state index in [1.807, 2.05) is 38.1 Å². The quantitative estimate of drug-likeness (QED) is 0.885. The molecule has 0 bridgehead atoms. The fraction of sp³-hybridized carbons (Fsp3) is 0.154. The van der Waals surface area contributed by atoms with Crippen LogP contribution >= 0.6 is 15.9 Å². The van der Waals surface area contributed by atoms with E-state index in [1.54, 1.807) is 6.20 Å². The third-order valence-corrected chi connectivity index (χ3v) is 3.27. The first-order valence-corrected chi connectivity index (χ1v) is 6.11. The van der Waals surface area contributed by atoms with E-state index < -0.39 is 0 Å². The van der Waals surface area contributed by atoms with Crippen LogP contribution in [0.4, 0.5) is 17.2 Å². The fourth-order valence-electron chi connectivity index (χ4n) is 1.53. The number of benzene rings is 1. The van der Waals surface area contributed by atoms with Crippen molar-refractivity contribution in [1.29, 1.82) is 0 Å². The molecule has 0 atom stereocenters. The Balaban J connectivity index is 2.38. The summed E-state index contributed by atoms with van der Waals surface area (Å²) in [4.78, 5) is 4.25. The maximum atomic E-state index is 5.98. The molecule has 0 spiro atoms. The van der Waals surface area contributed by atoms with Gasteiger partial charge in [-0.1, -0.05) is 6.07 Å². The largest absolute Gasteiger partial charge is 0.396 e. The SMILES string of the molecule is Cc1ccc(Br)c(Nc2nccc(C)c2N)c1. The number of rotatable bonds is 2. The number of nitrogen functional groups attached to an aromatic ring is 1. The van der Waals surface area contributed by atoms with Gasteiger partial charge in [0, 0.05) is 10.7 Å². The highest BCUT2D eigenvalue weighted by atomic mass is 79.9. The van der Waals surface area contributed by atoms with E-state index in [4.69, 9.17) is 5.73 Å². The summed E-state index contributed by atoms with van der Waals surface area (Å²) >= 11 is 3.50. The molecule has 17 heavy (non-hydrogen) atoms. The number of hydrogen-bond acceptors (Lipinski definition) is 3. The smallest absolute Gasteiger partial charge is 0.153 e. The van der Waals surface area contributed by atoms with E-state index in [0.29, 0.717) is 11.5 Å². The van der Waals surface area contributed by atoms with Gasteiger partial charge < -0.3 is 11.1 Å². The number of anilines is 3. The standard InChI is InChI=1S/C13H14BrN3/c1-8-3-4-10(14)11(7-8)17-13-12(15)9(2)5-6-16-13/h3-7H,15H2,1-2H3,(H,16,17). The summed E-state index contributed by atoms with van der Waals surface area (Å²) in [5.41, 5.74) is 9.83. The van der Waals surface area contributed by atoms with E-state index in [2.05, 4.69) is 26.2 Å². The van der Waals surface area contributed by atoms with Gasteiger partial charge in [0.2, 0.25) is 0 Å². The lowest BCUT2D eigenvalue weighted by atomic mass is 10.2. The number of nitrogens with two attached hydrogens (primary N) is 1. The second-order valence-corrected chi connectivity index (χ2v) is 4.85. The first-order valence-electron chi connectivity index (χ1n) is 5.32. The van der Waals surface area contributed by atoms with Crippen LogP contribution in [-0.2, 0) is 0 Å². The summed E-state index contributed by atoms with van der Waals surface area (Å²) in [6.45, 7) is 4.01. The molecule has 0 saturated heterocycles. The number of hydrogen-bond donors (Lipinski definition) is 2. The fourth-order valence-corrected chi connectivity index (χ4v) is 1.88. The van der Waals surface area contributed by atoms with Crippen molar-refractivity contribution in [2.45, 2.75) is 13.8 Å². The molecule has 0 aliphatic carbocycles. The Hall–Kier alpha value is -1.55. The third kappa shape index (κ3) is 2.58. The van der Waals surface area contributed by atoms with Crippen LogP contribution in [0.5, 0.6) is 0 Å². The molecule has 1 heterocycles. The van der Waals surface area contributed by atoms with Crippen molar-refractivity contribution >= 4 is 33.1 Å². The molecular formula is C13H14BrN3. The van der Waals surface area contributed by atoms with Gasteiger partial charge >= 0.3 is 0 Å². The Morgan fingerprint density at radius 2 is 2.00 bits per heavy atom. The van der Waals surface area contributed by atoms with E-state index in [9.17, 15) is 0 Å². The molecule has 0 radical (unpaired) electrons. The molecule has 4 heteroatoms. The minimum Gasteiger partial charge on any atom is -0.396 e. The molecule has 1 aromatic heterocycles. The normalized spacial score (nSPS) is 10.3. The van der Waals surface area contributed by atoms with E-state index in [-0.39, 0.29) is 0 Å². The molecule has 1 aromatic carbocycles. The topological polar surface area (TPSA) is 50.9 Å². The number of nitrogens with zero attached hydrogens (tertiary/aromatic N) is 1. The maximum Gasteiger partial charge on any atom is 0.153 e. The van der Waals surface area contributed by atoms with Crippen molar-refractivity contribution in [2.24, 2.45) is 0 Å². The van der Waals surface area contributed by atoms with Gasteiger partial charge in [0.15, 0.2) is 5.82 Å². The van der Waals surface area contributed by atoms with Crippen LogP contribution in [0.25, 0.3) is 0 Å². The summed E-state index contributed by atoms with van der Waals surface area (Å²) < 4.78 is 0.991. The maximum absolute atomic E-state index is 5.98. The summed E-state index contributed by atoms with van der Waals surface area (Å²) in [6, 6.07) is 7.99. The van der Waals surface area contributed by atoms with Crippen LogP contribution in [0.1, 0.15) is 11.1 Å². The van der Waals surface area contributed by atoms with E-state index in [0.717, 1.165) is 15.7 Å². The van der Waals surface area contributed by atoms with Gasteiger partial charge in [-0.15, -0.1) is 0 Å². The Morgan fingerprint density at radius 1 is 1.24 bits per heavy atom. The van der Waals surface area contributed by atoms with Crippen molar-refractivity contribution < 1.29 is 0 Å². The Bertz CT molecular complexity index is 552. The van der Waals surface area contributed by atoms with Crippen molar-refractivity contribution in [1.82, 2.24) is 4.98 Å². The molecule has 0 unspecified atom stereocenters. The lowest BCUT2D eigenvalue weighted by Crippen LogP contribution is -2.01. The predicted octanol–water partition coefficient (Wildman–Crippen LogP) is 3.79. The highest BCUT2D eigenvalue weighted by Gasteiger charge is 2.06. The lowest BCUT2D eigenvalue weighted by molar-refractivity contribution is 1.27. The lowest BCUT2D eigenvalue weighted by Gasteiger charge is -2.11. The van der Waals surface area contributed by atoms with E-state index >= 15 is 0 Å². The summed E-state index contributed by atoms with van der Waals surface area (Å²) in [5.74, 6) is 0.691. The summed E-state index contributed by atoms with van der Waals surface area (Å²) in [5, 5.41) is 3.24. The minimum absolute atomic E-state index is 0.681.